The van der Waals surface area contributed by atoms with E-state index >= 15 is 0 Å². The lowest BCUT2D eigenvalue weighted by atomic mass is 9.88. The molecule has 0 aliphatic heterocycles. The van der Waals surface area contributed by atoms with Gasteiger partial charge in [0, 0.05) is 34.1 Å². The van der Waals surface area contributed by atoms with Gasteiger partial charge in [0.1, 0.15) is 24.9 Å². The number of hydrogen-bond acceptors (Lipinski definition) is 7. The van der Waals surface area contributed by atoms with Gasteiger partial charge in [-0.05, 0) is 5.56 Å². The molecule has 0 spiro atoms. The van der Waals surface area contributed by atoms with E-state index in [4.69, 9.17) is 14.2 Å². The summed E-state index contributed by atoms with van der Waals surface area (Å²) < 4.78 is 15.7. The van der Waals surface area contributed by atoms with Crippen LogP contribution in [0, 0.1) is 0 Å². The zero-order valence-electron chi connectivity index (χ0n) is 15.9. The fourth-order valence-electron chi connectivity index (χ4n) is 2.57. The molecule has 148 valence electrons. The average Bonchev–Trinajstić information content (AvgIpc) is 2.57. The maximum absolute atomic E-state index is 11.9. The van der Waals surface area contributed by atoms with E-state index in [1.54, 1.807) is 0 Å². The van der Waals surface area contributed by atoms with Gasteiger partial charge in [-0.25, -0.2) is 0 Å². The first-order valence-corrected chi connectivity index (χ1v) is 8.41. The molecule has 1 aromatic rings. The van der Waals surface area contributed by atoms with Crippen LogP contribution in [0.25, 0.3) is 0 Å². The molecule has 1 atom stereocenters. The fourth-order valence-corrected chi connectivity index (χ4v) is 2.57. The molecule has 0 saturated heterocycles. The van der Waals surface area contributed by atoms with E-state index in [-0.39, 0.29) is 19.6 Å². The monoisotopic (exact) mass is 379 g/mol. The molecule has 0 aliphatic carbocycles. The lowest BCUT2D eigenvalue weighted by molar-refractivity contribution is -0.164. The van der Waals surface area contributed by atoms with Crippen molar-refractivity contribution >= 4 is 23.8 Å². The quantitative estimate of drug-likeness (QED) is 0.507. The molecule has 1 amide bonds. The van der Waals surface area contributed by atoms with Crippen LogP contribution in [0.2, 0.25) is 0 Å². The van der Waals surface area contributed by atoms with E-state index < -0.39 is 35.5 Å². The Hall–Kier alpha value is -2.90. The molecule has 1 N–H and O–H groups in total. The van der Waals surface area contributed by atoms with Crippen molar-refractivity contribution in [2.45, 2.75) is 45.8 Å². The highest BCUT2D eigenvalue weighted by molar-refractivity contribution is 5.75. The third-order valence-corrected chi connectivity index (χ3v) is 3.68. The highest BCUT2D eigenvalue weighted by Crippen LogP contribution is 2.22. The van der Waals surface area contributed by atoms with Gasteiger partial charge < -0.3 is 19.5 Å². The molecule has 0 fully saturated rings. The summed E-state index contributed by atoms with van der Waals surface area (Å²) in [5.74, 6) is -2.22. The summed E-state index contributed by atoms with van der Waals surface area (Å²) >= 11 is 0. The molecule has 0 aromatic heterocycles. The molecule has 8 heteroatoms. The Bertz CT molecular complexity index is 654. The van der Waals surface area contributed by atoms with Crippen LogP contribution in [0.5, 0.6) is 0 Å². The molecule has 1 rings (SSSR count). The van der Waals surface area contributed by atoms with Crippen molar-refractivity contribution in [3.8, 4) is 0 Å². The number of hydrogen-bond donors (Lipinski definition) is 1. The average molecular weight is 379 g/mol. The summed E-state index contributed by atoms with van der Waals surface area (Å²) in [6, 6.07) is 9.12. The van der Waals surface area contributed by atoms with Crippen molar-refractivity contribution in [1.82, 2.24) is 5.32 Å². The molecule has 27 heavy (non-hydrogen) atoms. The van der Waals surface area contributed by atoms with Crippen LogP contribution < -0.4 is 5.32 Å². The third-order valence-electron chi connectivity index (χ3n) is 3.68. The van der Waals surface area contributed by atoms with Crippen LogP contribution in [0.1, 0.15) is 33.3 Å². The van der Waals surface area contributed by atoms with Crippen LogP contribution in [0.3, 0.4) is 0 Å². The van der Waals surface area contributed by atoms with Crippen LogP contribution >= 0.6 is 0 Å². The topological polar surface area (TPSA) is 108 Å². The van der Waals surface area contributed by atoms with Gasteiger partial charge in [-0.2, -0.15) is 0 Å². The number of ether oxygens (including phenoxy) is 3. The Balaban J connectivity index is 3.32. The van der Waals surface area contributed by atoms with Gasteiger partial charge in [-0.1, -0.05) is 30.3 Å². The molecule has 0 radical (unpaired) electrons. The predicted molar refractivity (Wildman–Crippen MR) is 95.5 cm³/mol. The Labute approximate surface area is 158 Å². The number of esters is 3. The zero-order valence-corrected chi connectivity index (χ0v) is 15.9. The van der Waals surface area contributed by atoms with Gasteiger partial charge in [-0.3, -0.25) is 19.2 Å². The van der Waals surface area contributed by atoms with Crippen LogP contribution in [0.15, 0.2) is 30.3 Å². The van der Waals surface area contributed by atoms with Crippen molar-refractivity contribution in [2.75, 3.05) is 13.2 Å². The van der Waals surface area contributed by atoms with Crippen molar-refractivity contribution in [3.63, 3.8) is 0 Å². The number of benzene rings is 1. The minimum atomic E-state index is -1.44. The summed E-state index contributed by atoms with van der Waals surface area (Å²) in [5.41, 5.74) is -0.617. The van der Waals surface area contributed by atoms with E-state index in [1.807, 2.05) is 30.3 Å². The molecule has 0 saturated carbocycles. The third kappa shape index (κ3) is 7.89. The highest BCUT2D eigenvalue weighted by Gasteiger charge is 2.45. The first-order chi connectivity index (χ1) is 12.6. The van der Waals surface area contributed by atoms with Gasteiger partial charge in [0.2, 0.25) is 5.91 Å². The number of nitrogens with one attached hydrogen (secondary N) is 1. The van der Waals surface area contributed by atoms with Gasteiger partial charge in [0.05, 0.1) is 0 Å². The summed E-state index contributed by atoms with van der Waals surface area (Å²) in [6.45, 7) is 4.25. The van der Waals surface area contributed by atoms with Crippen LogP contribution in [-0.2, 0) is 39.8 Å². The van der Waals surface area contributed by atoms with Crippen molar-refractivity contribution in [3.05, 3.63) is 35.9 Å². The van der Waals surface area contributed by atoms with Gasteiger partial charge in [-0.15, -0.1) is 0 Å². The Kier molecular flexibility index (Phi) is 8.44. The normalized spacial score (nSPS) is 11.9. The predicted octanol–water partition coefficient (Wildman–Crippen LogP) is 1.16. The molecule has 0 bridgehead atoms. The van der Waals surface area contributed by atoms with Crippen molar-refractivity contribution < 1.29 is 33.4 Å². The summed E-state index contributed by atoms with van der Waals surface area (Å²) in [6.07, 6.45) is -0.733. The van der Waals surface area contributed by atoms with Gasteiger partial charge in [0.25, 0.3) is 0 Å². The van der Waals surface area contributed by atoms with Crippen LogP contribution in [-0.4, -0.2) is 48.7 Å². The summed E-state index contributed by atoms with van der Waals surface area (Å²) in [4.78, 5) is 46.3. The number of rotatable bonds is 9. The van der Waals surface area contributed by atoms with Crippen molar-refractivity contribution in [1.29, 1.82) is 0 Å². The lowest BCUT2D eigenvalue weighted by Crippen LogP contribution is -2.64. The SMILES string of the molecule is CC(=O)NC(COC(C)=O)(COC(C)=O)C(Cc1ccccc1)OC(C)=O. The molecule has 0 heterocycles. The van der Waals surface area contributed by atoms with E-state index in [0.717, 1.165) is 5.56 Å². The lowest BCUT2D eigenvalue weighted by Gasteiger charge is -2.39. The summed E-state index contributed by atoms with van der Waals surface area (Å²) in [7, 11) is 0. The Morgan fingerprint density at radius 2 is 1.41 bits per heavy atom. The highest BCUT2D eigenvalue weighted by atomic mass is 16.6. The largest absolute Gasteiger partial charge is 0.463 e. The summed E-state index contributed by atoms with van der Waals surface area (Å²) in [5, 5.41) is 2.66. The van der Waals surface area contributed by atoms with Crippen molar-refractivity contribution in [2.24, 2.45) is 0 Å². The van der Waals surface area contributed by atoms with E-state index in [2.05, 4.69) is 5.32 Å². The smallest absolute Gasteiger partial charge is 0.303 e. The minimum absolute atomic E-state index is 0.212. The van der Waals surface area contributed by atoms with E-state index in [9.17, 15) is 19.2 Å². The second kappa shape index (κ2) is 10.3. The second-order valence-electron chi connectivity index (χ2n) is 6.19. The molecule has 0 aliphatic rings. The second-order valence-corrected chi connectivity index (χ2v) is 6.19. The molecule has 1 unspecified atom stereocenters. The fraction of sp³-hybridized carbons (Fsp3) is 0.474. The maximum atomic E-state index is 11.9. The molecular weight excluding hydrogens is 354 g/mol. The number of amides is 1. The minimum Gasteiger partial charge on any atom is -0.463 e. The van der Waals surface area contributed by atoms with Gasteiger partial charge >= 0.3 is 17.9 Å². The number of carbonyl (C=O) groups excluding carboxylic acids is 4. The standard InChI is InChI=1S/C19H25NO7/c1-13(21)20-19(11-25-14(2)22,12-26-15(3)23)18(27-16(4)24)10-17-8-6-5-7-9-17/h5-9,18H,10-12H2,1-4H3,(H,20,21). The molecule has 8 nitrogen and oxygen atoms in total. The number of carbonyl (C=O) groups is 4. The first kappa shape index (κ1) is 22.1. The molecular formula is C19H25NO7. The zero-order chi connectivity index (χ0) is 20.4. The van der Waals surface area contributed by atoms with Crippen LogP contribution in [0.4, 0.5) is 0 Å². The Morgan fingerprint density at radius 3 is 1.81 bits per heavy atom. The van der Waals surface area contributed by atoms with E-state index in [0.29, 0.717) is 0 Å². The maximum Gasteiger partial charge on any atom is 0.303 e. The first-order valence-electron chi connectivity index (χ1n) is 8.41. The van der Waals surface area contributed by atoms with E-state index in [1.165, 1.54) is 27.7 Å². The Morgan fingerprint density at radius 1 is 0.889 bits per heavy atom. The van der Waals surface area contributed by atoms with Gasteiger partial charge in [0.15, 0.2) is 0 Å². The molecule has 1 aromatic carbocycles.